The molecule has 0 spiro atoms. The molecule has 144 valence electrons. The molecule has 0 aliphatic heterocycles. The Balaban J connectivity index is 1.68. The summed E-state index contributed by atoms with van der Waals surface area (Å²) in [6, 6.07) is 15.1. The van der Waals surface area contributed by atoms with Gasteiger partial charge in [-0.25, -0.2) is 0 Å². The molecular formula is C20H18Cl2N4OS. The minimum Gasteiger partial charge on any atom is -0.351 e. The third-order valence-electron chi connectivity index (χ3n) is 3.87. The highest BCUT2D eigenvalue weighted by Crippen LogP contribution is 2.29. The molecule has 5 nitrogen and oxygen atoms in total. The van der Waals surface area contributed by atoms with E-state index >= 15 is 0 Å². The van der Waals surface area contributed by atoms with E-state index < -0.39 is 0 Å². The van der Waals surface area contributed by atoms with Crippen LogP contribution in [0.3, 0.4) is 0 Å². The van der Waals surface area contributed by atoms with Crippen LogP contribution in [0.4, 0.5) is 0 Å². The van der Waals surface area contributed by atoms with Crippen LogP contribution in [0.15, 0.2) is 66.3 Å². The van der Waals surface area contributed by atoms with Gasteiger partial charge in [-0.2, -0.15) is 0 Å². The monoisotopic (exact) mass is 432 g/mol. The normalized spacial score (nSPS) is 10.6. The zero-order chi connectivity index (χ0) is 19.9. The van der Waals surface area contributed by atoms with E-state index in [-0.39, 0.29) is 11.7 Å². The predicted molar refractivity (Wildman–Crippen MR) is 115 cm³/mol. The molecule has 1 N–H and O–H groups in total. The molecule has 0 radical (unpaired) electrons. The van der Waals surface area contributed by atoms with Gasteiger partial charge in [-0.15, -0.1) is 16.8 Å². The topological polar surface area (TPSA) is 59.8 Å². The summed E-state index contributed by atoms with van der Waals surface area (Å²) < 4.78 is 1.89. The summed E-state index contributed by atoms with van der Waals surface area (Å²) in [7, 11) is 0. The van der Waals surface area contributed by atoms with Crippen molar-refractivity contribution in [3.05, 3.63) is 76.8 Å². The van der Waals surface area contributed by atoms with Crippen molar-refractivity contribution in [1.29, 1.82) is 0 Å². The average Bonchev–Trinajstić information content (AvgIpc) is 3.10. The molecule has 0 saturated heterocycles. The number of amides is 1. The molecule has 0 aliphatic rings. The van der Waals surface area contributed by atoms with Gasteiger partial charge < -0.3 is 5.32 Å². The summed E-state index contributed by atoms with van der Waals surface area (Å²) in [5.74, 6) is 0.812. The van der Waals surface area contributed by atoms with Crippen LogP contribution in [-0.4, -0.2) is 26.4 Å². The lowest BCUT2D eigenvalue weighted by molar-refractivity contribution is -0.118. The number of allylic oxidation sites excluding steroid dienone is 1. The fraction of sp³-hybridized carbons (Fsp3) is 0.150. The number of thioether (sulfide) groups is 1. The van der Waals surface area contributed by atoms with Crippen molar-refractivity contribution in [3.8, 4) is 11.4 Å². The fourth-order valence-corrected chi connectivity index (χ4v) is 3.59. The van der Waals surface area contributed by atoms with Gasteiger partial charge in [-0.3, -0.25) is 9.36 Å². The van der Waals surface area contributed by atoms with Crippen molar-refractivity contribution in [2.75, 3.05) is 5.75 Å². The molecular weight excluding hydrogens is 415 g/mol. The Hall–Kier alpha value is -2.28. The van der Waals surface area contributed by atoms with Crippen molar-refractivity contribution >= 4 is 40.9 Å². The van der Waals surface area contributed by atoms with Crippen molar-refractivity contribution < 1.29 is 4.79 Å². The molecule has 0 aliphatic carbocycles. The second-order valence-electron chi connectivity index (χ2n) is 5.89. The van der Waals surface area contributed by atoms with E-state index in [0.717, 1.165) is 11.1 Å². The molecule has 28 heavy (non-hydrogen) atoms. The van der Waals surface area contributed by atoms with Gasteiger partial charge in [0.1, 0.15) is 0 Å². The van der Waals surface area contributed by atoms with E-state index in [0.29, 0.717) is 34.1 Å². The highest BCUT2D eigenvalue weighted by atomic mass is 35.5. The SMILES string of the molecule is C=CCn1c(SCC(=O)NCc2ccccc2)nnc1-c1ccc(Cl)c(Cl)c1. The molecule has 0 atom stereocenters. The first-order valence-electron chi connectivity index (χ1n) is 8.51. The molecule has 2 aromatic carbocycles. The predicted octanol–water partition coefficient (Wildman–Crippen LogP) is 4.85. The Bertz CT molecular complexity index is 976. The third kappa shape index (κ3) is 5.16. The van der Waals surface area contributed by atoms with Gasteiger partial charge in [0.15, 0.2) is 11.0 Å². The van der Waals surface area contributed by atoms with Crippen molar-refractivity contribution in [3.63, 3.8) is 0 Å². The Labute approximate surface area is 177 Å². The maximum Gasteiger partial charge on any atom is 0.230 e. The molecule has 1 heterocycles. The first-order valence-corrected chi connectivity index (χ1v) is 10.3. The second kappa shape index (κ2) is 9.78. The Morgan fingerprint density at radius 2 is 1.93 bits per heavy atom. The average molecular weight is 433 g/mol. The molecule has 0 saturated carbocycles. The second-order valence-corrected chi connectivity index (χ2v) is 7.64. The lowest BCUT2D eigenvalue weighted by atomic mass is 10.2. The van der Waals surface area contributed by atoms with E-state index in [1.54, 1.807) is 18.2 Å². The van der Waals surface area contributed by atoms with E-state index in [9.17, 15) is 4.79 Å². The van der Waals surface area contributed by atoms with Gasteiger partial charge in [-0.05, 0) is 23.8 Å². The smallest absolute Gasteiger partial charge is 0.230 e. The van der Waals surface area contributed by atoms with Crippen LogP contribution in [0.1, 0.15) is 5.56 Å². The summed E-state index contributed by atoms with van der Waals surface area (Å²) in [4.78, 5) is 12.2. The van der Waals surface area contributed by atoms with Gasteiger partial charge in [0.25, 0.3) is 0 Å². The summed E-state index contributed by atoms with van der Waals surface area (Å²) in [5, 5.41) is 12.9. The number of carbonyl (C=O) groups excluding carboxylic acids is 1. The number of hydrogen-bond acceptors (Lipinski definition) is 4. The van der Waals surface area contributed by atoms with E-state index in [4.69, 9.17) is 23.2 Å². The lowest BCUT2D eigenvalue weighted by Crippen LogP contribution is -2.24. The van der Waals surface area contributed by atoms with Crippen molar-refractivity contribution in [2.45, 2.75) is 18.2 Å². The van der Waals surface area contributed by atoms with Gasteiger partial charge >= 0.3 is 0 Å². The highest BCUT2D eigenvalue weighted by molar-refractivity contribution is 7.99. The summed E-state index contributed by atoms with van der Waals surface area (Å²) >= 11 is 13.4. The summed E-state index contributed by atoms with van der Waals surface area (Å²) in [5.41, 5.74) is 1.85. The standard InChI is InChI=1S/C20H18Cl2N4OS/c1-2-10-26-19(15-8-9-16(21)17(22)11-15)24-25-20(26)28-13-18(27)23-12-14-6-4-3-5-7-14/h2-9,11H,1,10,12-13H2,(H,23,27). The number of benzene rings is 2. The fourth-order valence-electron chi connectivity index (χ4n) is 2.52. The zero-order valence-corrected chi connectivity index (χ0v) is 17.3. The van der Waals surface area contributed by atoms with Crippen LogP contribution in [0.25, 0.3) is 11.4 Å². The number of aromatic nitrogens is 3. The van der Waals surface area contributed by atoms with Crippen molar-refractivity contribution in [1.82, 2.24) is 20.1 Å². The minimum atomic E-state index is -0.0712. The number of hydrogen-bond donors (Lipinski definition) is 1. The Morgan fingerprint density at radius 1 is 1.14 bits per heavy atom. The number of carbonyl (C=O) groups is 1. The maximum absolute atomic E-state index is 12.2. The van der Waals surface area contributed by atoms with Crippen LogP contribution >= 0.6 is 35.0 Å². The van der Waals surface area contributed by atoms with Crippen LogP contribution in [-0.2, 0) is 17.9 Å². The number of nitrogens with zero attached hydrogens (tertiary/aromatic N) is 3. The van der Waals surface area contributed by atoms with Gasteiger partial charge in [0.05, 0.1) is 15.8 Å². The molecule has 0 bridgehead atoms. The molecule has 0 fully saturated rings. The maximum atomic E-state index is 12.2. The highest BCUT2D eigenvalue weighted by Gasteiger charge is 2.15. The van der Waals surface area contributed by atoms with Crippen LogP contribution in [0, 0.1) is 0 Å². The first kappa shape index (κ1) is 20.5. The van der Waals surface area contributed by atoms with Crippen LogP contribution in [0.2, 0.25) is 10.0 Å². The molecule has 1 amide bonds. The largest absolute Gasteiger partial charge is 0.351 e. The van der Waals surface area contributed by atoms with Gasteiger partial charge in [-0.1, -0.05) is 71.4 Å². The Morgan fingerprint density at radius 3 is 2.64 bits per heavy atom. The van der Waals surface area contributed by atoms with E-state index in [1.807, 2.05) is 41.0 Å². The minimum absolute atomic E-state index is 0.0712. The van der Waals surface area contributed by atoms with Crippen LogP contribution in [0.5, 0.6) is 0 Å². The number of halogens is 2. The van der Waals surface area contributed by atoms with E-state index in [2.05, 4.69) is 22.1 Å². The van der Waals surface area contributed by atoms with Gasteiger partial charge in [0.2, 0.25) is 5.91 Å². The molecule has 3 rings (SSSR count). The van der Waals surface area contributed by atoms with Gasteiger partial charge in [0, 0.05) is 18.7 Å². The summed E-state index contributed by atoms with van der Waals surface area (Å²) in [6.45, 7) is 4.79. The first-order chi connectivity index (χ1) is 13.6. The van der Waals surface area contributed by atoms with Crippen LogP contribution < -0.4 is 5.32 Å². The molecule has 8 heteroatoms. The number of rotatable bonds is 8. The Kier molecular flexibility index (Phi) is 7.14. The third-order valence-corrected chi connectivity index (χ3v) is 5.58. The molecule has 0 unspecified atom stereocenters. The number of nitrogens with one attached hydrogen (secondary N) is 1. The molecule has 3 aromatic rings. The summed E-state index contributed by atoms with van der Waals surface area (Å²) in [6.07, 6.45) is 1.75. The zero-order valence-electron chi connectivity index (χ0n) is 14.9. The van der Waals surface area contributed by atoms with E-state index in [1.165, 1.54) is 11.8 Å². The lowest BCUT2D eigenvalue weighted by Gasteiger charge is -2.09. The molecule has 1 aromatic heterocycles. The van der Waals surface area contributed by atoms with Crippen molar-refractivity contribution in [2.24, 2.45) is 0 Å². The quantitative estimate of drug-likeness (QED) is 0.408.